The number of hydrogen-bond acceptors (Lipinski definition) is 4. The van der Waals surface area contributed by atoms with Crippen molar-refractivity contribution in [1.29, 1.82) is 0 Å². The average Bonchev–Trinajstić information content (AvgIpc) is 2.65. The highest BCUT2D eigenvalue weighted by atomic mass is 16.1. The highest BCUT2D eigenvalue weighted by Crippen LogP contribution is 2.20. The summed E-state index contributed by atoms with van der Waals surface area (Å²) in [7, 11) is 0. The van der Waals surface area contributed by atoms with Crippen molar-refractivity contribution >= 4 is 5.95 Å². The molecular formula is C20H26N4O. The second kappa shape index (κ2) is 8.60. The summed E-state index contributed by atoms with van der Waals surface area (Å²) < 4.78 is 1.78. The summed E-state index contributed by atoms with van der Waals surface area (Å²) in [6.07, 6.45) is 12.0. The van der Waals surface area contributed by atoms with Gasteiger partial charge in [0.1, 0.15) is 0 Å². The molecule has 5 heteroatoms. The van der Waals surface area contributed by atoms with Gasteiger partial charge < -0.3 is 4.90 Å². The number of hydrogen-bond donors (Lipinski definition) is 0. The number of anilines is 1. The molecule has 0 bridgehead atoms. The maximum atomic E-state index is 12.5. The quantitative estimate of drug-likeness (QED) is 0.571. The van der Waals surface area contributed by atoms with E-state index in [0.29, 0.717) is 5.69 Å². The van der Waals surface area contributed by atoms with Crippen LogP contribution in [0.3, 0.4) is 0 Å². The zero-order chi connectivity index (χ0) is 17.5. The summed E-state index contributed by atoms with van der Waals surface area (Å²) in [6.45, 7) is 4.68. The first-order valence-corrected chi connectivity index (χ1v) is 9.23. The Morgan fingerprint density at radius 2 is 2.08 bits per heavy atom. The Bertz CT molecular complexity index is 767. The van der Waals surface area contributed by atoms with Gasteiger partial charge in [0.2, 0.25) is 5.95 Å². The summed E-state index contributed by atoms with van der Waals surface area (Å²) in [5, 5.41) is 0. The van der Waals surface area contributed by atoms with E-state index < -0.39 is 0 Å². The minimum absolute atomic E-state index is 0.00211. The molecule has 1 aliphatic rings. The fourth-order valence-electron chi connectivity index (χ4n) is 3.12. The van der Waals surface area contributed by atoms with Crippen molar-refractivity contribution in [2.24, 2.45) is 0 Å². The third-order valence-electron chi connectivity index (χ3n) is 4.47. The number of fused-ring (bicyclic) bond motifs is 1. The molecule has 2 aromatic heterocycles. The van der Waals surface area contributed by atoms with Crippen LogP contribution in [0.5, 0.6) is 0 Å². The normalized spacial score (nSPS) is 14.0. The van der Waals surface area contributed by atoms with Crippen molar-refractivity contribution < 1.29 is 0 Å². The average molecular weight is 338 g/mol. The van der Waals surface area contributed by atoms with Gasteiger partial charge in [-0.1, -0.05) is 38.0 Å². The predicted octanol–water partition coefficient (Wildman–Crippen LogP) is 3.65. The van der Waals surface area contributed by atoms with E-state index in [0.717, 1.165) is 44.1 Å². The lowest BCUT2D eigenvalue weighted by molar-refractivity contribution is 0.543. The van der Waals surface area contributed by atoms with Crippen LogP contribution in [-0.4, -0.2) is 27.6 Å². The monoisotopic (exact) mass is 338 g/mol. The molecule has 0 N–H and O–H groups in total. The molecule has 1 aliphatic heterocycles. The number of unbranched alkanes of at least 4 members (excludes halogenated alkanes) is 3. The molecule has 0 aromatic carbocycles. The molecular weight excluding hydrogens is 312 g/mol. The molecule has 3 rings (SSSR count). The smallest absolute Gasteiger partial charge is 0.255 e. The van der Waals surface area contributed by atoms with E-state index in [2.05, 4.69) is 29.0 Å². The largest absolute Gasteiger partial charge is 0.338 e. The van der Waals surface area contributed by atoms with Gasteiger partial charge in [-0.2, -0.15) is 0 Å². The van der Waals surface area contributed by atoms with Crippen molar-refractivity contribution in [3.05, 3.63) is 53.0 Å². The van der Waals surface area contributed by atoms with Gasteiger partial charge >= 0.3 is 0 Å². The molecule has 132 valence electrons. The van der Waals surface area contributed by atoms with Crippen LogP contribution in [0, 0.1) is 0 Å². The summed E-state index contributed by atoms with van der Waals surface area (Å²) >= 11 is 0. The van der Waals surface area contributed by atoms with E-state index in [1.165, 1.54) is 19.3 Å². The van der Waals surface area contributed by atoms with Crippen LogP contribution >= 0.6 is 0 Å². The molecule has 25 heavy (non-hydrogen) atoms. The van der Waals surface area contributed by atoms with E-state index in [4.69, 9.17) is 4.98 Å². The SMILES string of the molecule is CCCCCC=CCN1CCCn2c1nc(-c1ccccn1)cc2=O. The topological polar surface area (TPSA) is 51.0 Å². The Morgan fingerprint density at radius 3 is 2.88 bits per heavy atom. The lowest BCUT2D eigenvalue weighted by atomic mass is 10.2. The number of aromatic nitrogens is 3. The van der Waals surface area contributed by atoms with Crippen LogP contribution in [0.15, 0.2) is 47.4 Å². The Balaban J connectivity index is 1.79. The first-order chi connectivity index (χ1) is 12.3. The van der Waals surface area contributed by atoms with Gasteiger partial charge in [0.25, 0.3) is 5.56 Å². The maximum Gasteiger partial charge on any atom is 0.255 e. The molecule has 3 heterocycles. The molecule has 0 spiro atoms. The number of pyridine rings is 1. The summed E-state index contributed by atoms with van der Waals surface area (Å²) in [5.74, 6) is 0.762. The Hall–Kier alpha value is -2.43. The van der Waals surface area contributed by atoms with Crippen molar-refractivity contribution in [2.75, 3.05) is 18.0 Å². The molecule has 0 radical (unpaired) electrons. The van der Waals surface area contributed by atoms with Gasteiger partial charge in [-0.3, -0.25) is 14.3 Å². The fourth-order valence-corrected chi connectivity index (χ4v) is 3.12. The van der Waals surface area contributed by atoms with E-state index in [1.807, 2.05) is 18.2 Å². The Kier molecular flexibility index (Phi) is 5.99. The van der Waals surface area contributed by atoms with E-state index in [9.17, 15) is 4.79 Å². The molecule has 0 saturated carbocycles. The van der Waals surface area contributed by atoms with Gasteiger partial charge in [-0.05, 0) is 31.4 Å². The third kappa shape index (κ3) is 4.35. The summed E-state index contributed by atoms with van der Waals surface area (Å²) in [5.41, 5.74) is 1.39. The second-order valence-electron chi connectivity index (χ2n) is 6.41. The zero-order valence-electron chi connectivity index (χ0n) is 14.9. The van der Waals surface area contributed by atoms with Gasteiger partial charge in [0.05, 0.1) is 11.4 Å². The van der Waals surface area contributed by atoms with Crippen LogP contribution in [-0.2, 0) is 6.54 Å². The minimum atomic E-state index is 0.00211. The van der Waals surface area contributed by atoms with Crippen LogP contribution in [0.25, 0.3) is 11.4 Å². The van der Waals surface area contributed by atoms with Crippen molar-refractivity contribution in [3.63, 3.8) is 0 Å². The van der Waals surface area contributed by atoms with Crippen LogP contribution in [0.2, 0.25) is 0 Å². The third-order valence-corrected chi connectivity index (χ3v) is 4.47. The van der Waals surface area contributed by atoms with Gasteiger partial charge in [0, 0.05) is 31.9 Å². The lowest BCUT2D eigenvalue weighted by Gasteiger charge is -2.30. The van der Waals surface area contributed by atoms with Crippen molar-refractivity contribution in [2.45, 2.75) is 45.6 Å². The molecule has 0 saturated heterocycles. The lowest BCUT2D eigenvalue weighted by Crippen LogP contribution is -2.38. The maximum absolute atomic E-state index is 12.5. The van der Waals surface area contributed by atoms with Gasteiger partial charge in [0.15, 0.2) is 0 Å². The first-order valence-electron chi connectivity index (χ1n) is 9.23. The van der Waals surface area contributed by atoms with Crippen LogP contribution in [0.1, 0.15) is 39.0 Å². The molecule has 0 amide bonds. The van der Waals surface area contributed by atoms with E-state index >= 15 is 0 Å². The van der Waals surface area contributed by atoms with Crippen LogP contribution < -0.4 is 10.5 Å². The molecule has 0 fully saturated rings. The van der Waals surface area contributed by atoms with Gasteiger partial charge in [-0.25, -0.2) is 4.98 Å². The van der Waals surface area contributed by atoms with E-state index in [-0.39, 0.29) is 5.56 Å². The predicted molar refractivity (Wildman–Crippen MR) is 102 cm³/mol. The van der Waals surface area contributed by atoms with E-state index in [1.54, 1.807) is 16.8 Å². The molecule has 2 aromatic rings. The standard InChI is InChI=1S/C20H26N4O/c1-2-3-4-5-6-9-13-23-14-10-15-24-19(25)16-18(22-20(23)24)17-11-7-8-12-21-17/h6-9,11-12,16H,2-5,10,13-15H2,1H3. The van der Waals surface area contributed by atoms with Crippen molar-refractivity contribution in [1.82, 2.24) is 14.5 Å². The highest BCUT2D eigenvalue weighted by Gasteiger charge is 2.20. The van der Waals surface area contributed by atoms with Crippen LogP contribution in [0.4, 0.5) is 5.95 Å². The second-order valence-corrected chi connectivity index (χ2v) is 6.41. The number of nitrogens with zero attached hydrogens (tertiary/aromatic N) is 4. The summed E-state index contributed by atoms with van der Waals surface area (Å²) in [6, 6.07) is 7.26. The van der Waals surface area contributed by atoms with Crippen molar-refractivity contribution in [3.8, 4) is 11.4 Å². The molecule has 0 unspecified atom stereocenters. The number of allylic oxidation sites excluding steroid dienone is 1. The first kappa shape index (κ1) is 17.4. The minimum Gasteiger partial charge on any atom is -0.338 e. The fraction of sp³-hybridized carbons (Fsp3) is 0.450. The number of rotatable bonds is 7. The molecule has 5 nitrogen and oxygen atoms in total. The molecule has 0 atom stereocenters. The zero-order valence-corrected chi connectivity index (χ0v) is 14.9. The Labute approximate surface area is 149 Å². The highest BCUT2D eigenvalue weighted by molar-refractivity contribution is 5.55. The summed E-state index contributed by atoms with van der Waals surface area (Å²) in [4.78, 5) is 23.8. The Morgan fingerprint density at radius 1 is 1.16 bits per heavy atom. The van der Waals surface area contributed by atoms with Gasteiger partial charge in [-0.15, -0.1) is 0 Å². The molecule has 0 aliphatic carbocycles.